The first-order valence-electron chi connectivity index (χ1n) is 5.33. The summed E-state index contributed by atoms with van der Waals surface area (Å²) in [4.78, 5) is 4.00. The summed E-state index contributed by atoms with van der Waals surface area (Å²) in [5.74, 6) is 0.337. The molecule has 0 fully saturated rings. The van der Waals surface area contributed by atoms with Gasteiger partial charge in [0, 0.05) is 18.5 Å². The Balaban J connectivity index is 2.43. The Morgan fingerprint density at radius 2 is 1.94 bits per heavy atom. The predicted octanol–water partition coefficient (Wildman–Crippen LogP) is 2.86. The van der Waals surface area contributed by atoms with Crippen LogP contribution >= 0.6 is 0 Å². The van der Waals surface area contributed by atoms with E-state index >= 15 is 0 Å². The zero-order chi connectivity index (χ0) is 13.2. The molecule has 0 spiro atoms. The molecule has 0 radical (unpaired) electrons. The molecule has 0 amide bonds. The summed E-state index contributed by atoms with van der Waals surface area (Å²) < 4.78 is 43.5. The second-order valence-electron chi connectivity index (χ2n) is 3.71. The fourth-order valence-corrected chi connectivity index (χ4v) is 1.63. The molecule has 0 aliphatic heterocycles. The van der Waals surface area contributed by atoms with Crippen molar-refractivity contribution >= 4 is 0 Å². The van der Waals surface area contributed by atoms with E-state index in [1.54, 1.807) is 0 Å². The lowest BCUT2D eigenvalue weighted by atomic mass is 10.1. The van der Waals surface area contributed by atoms with Gasteiger partial charge in [-0.3, -0.25) is 0 Å². The van der Waals surface area contributed by atoms with Gasteiger partial charge >= 0.3 is 6.18 Å². The minimum absolute atomic E-state index is 0.0111. The molecule has 3 nitrogen and oxygen atoms in total. The first-order chi connectivity index (χ1) is 8.52. The van der Waals surface area contributed by atoms with E-state index in [9.17, 15) is 13.2 Å². The number of aromatic nitrogens is 1. The summed E-state index contributed by atoms with van der Waals surface area (Å²) in [5.41, 5.74) is 4.79. The zero-order valence-electron chi connectivity index (χ0n) is 9.37. The summed E-state index contributed by atoms with van der Waals surface area (Å²) >= 11 is 0. The minimum atomic E-state index is -4.41. The third kappa shape index (κ3) is 2.53. The molecule has 6 heteroatoms. The maximum Gasteiger partial charge on any atom is 0.417 e. The van der Waals surface area contributed by atoms with Crippen LogP contribution in [0.5, 0.6) is 0 Å². The minimum Gasteiger partial charge on any atom is -0.448 e. The van der Waals surface area contributed by atoms with Gasteiger partial charge in [0.15, 0.2) is 5.89 Å². The van der Waals surface area contributed by atoms with Crippen molar-refractivity contribution in [2.45, 2.75) is 12.6 Å². The predicted molar refractivity (Wildman–Crippen MR) is 59.7 cm³/mol. The molecular formula is C12H11F3N2O. The van der Waals surface area contributed by atoms with Crippen LogP contribution in [0.4, 0.5) is 13.2 Å². The Morgan fingerprint density at radius 1 is 1.22 bits per heavy atom. The number of oxazole rings is 1. The number of rotatable bonds is 3. The van der Waals surface area contributed by atoms with Crippen LogP contribution in [0, 0.1) is 0 Å². The number of nitrogens with two attached hydrogens (primary N) is 1. The highest BCUT2D eigenvalue weighted by molar-refractivity contribution is 5.63. The van der Waals surface area contributed by atoms with Crippen molar-refractivity contribution in [2.75, 3.05) is 6.54 Å². The highest BCUT2D eigenvalue weighted by atomic mass is 19.4. The Bertz CT molecular complexity index is 534. The van der Waals surface area contributed by atoms with Crippen LogP contribution in [-0.2, 0) is 12.6 Å². The zero-order valence-corrected chi connectivity index (χ0v) is 9.37. The molecule has 1 heterocycles. The van der Waals surface area contributed by atoms with Gasteiger partial charge in [0.25, 0.3) is 0 Å². The van der Waals surface area contributed by atoms with Crippen molar-refractivity contribution < 1.29 is 17.6 Å². The van der Waals surface area contributed by atoms with E-state index < -0.39 is 11.7 Å². The molecule has 18 heavy (non-hydrogen) atoms. The maximum atomic E-state index is 12.8. The largest absolute Gasteiger partial charge is 0.448 e. The summed E-state index contributed by atoms with van der Waals surface area (Å²) in [7, 11) is 0. The van der Waals surface area contributed by atoms with Crippen molar-refractivity contribution in [3.8, 4) is 11.3 Å². The molecule has 0 saturated heterocycles. The SMILES string of the molecule is NCCc1nc(-c2ccccc2C(F)(F)F)co1. The molecule has 2 N–H and O–H groups in total. The summed E-state index contributed by atoms with van der Waals surface area (Å²) in [6.07, 6.45) is -2.80. The Kier molecular flexibility index (Phi) is 3.38. The molecule has 0 saturated carbocycles. The van der Waals surface area contributed by atoms with Crippen LogP contribution in [0.25, 0.3) is 11.3 Å². The number of nitrogens with zero attached hydrogens (tertiary/aromatic N) is 1. The summed E-state index contributed by atoms with van der Waals surface area (Å²) in [6, 6.07) is 5.26. The van der Waals surface area contributed by atoms with Crippen molar-refractivity contribution in [3.63, 3.8) is 0 Å². The van der Waals surface area contributed by atoms with Gasteiger partial charge < -0.3 is 10.2 Å². The van der Waals surface area contributed by atoms with Gasteiger partial charge in [-0.25, -0.2) is 4.98 Å². The smallest absolute Gasteiger partial charge is 0.417 e. The molecule has 0 unspecified atom stereocenters. The van der Waals surface area contributed by atoms with Gasteiger partial charge in [-0.05, 0) is 6.07 Å². The van der Waals surface area contributed by atoms with Gasteiger partial charge in [0.2, 0.25) is 0 Å². The molecule has 0 aliphatic carbocycles. The van der Waals surface area contributed by atoms with E-state index in [0.29, 0.717) is 18.9 Å². The van der Waals surface area contributed by atoms with Crippen molar-refractivity contribution in [1.82, 2.24) is 4.98 Å². The van der Waals surface area contributed by atoms with Crippen molar-refractivity contribution in [3.05, 3.63) is 42.0 Å². The number of hydrogen-bond donors (Lipinski definition) is 1. The third-order valence-corrected chi connectivity index (χ3v) is 2.42. The second-order valence-corrected chi connectivity index (χ2v) is 3.71. The molecule has 0 bridgehead atoms. The molecule has 0 aliphatic rings. The molecule has 96 valence electrons. The molecule has 1 aromatic heterocycles. The molecule has 0 atom stereocenters. The number of hydrogen-bond acceptors (Lipinski definition) is 3. The lowest BCUT2D eigenvalue weighted by Gasteiger charge is -2.10. The fraction of sp³-hybridized carbons (Fsp3) is 0.250. The molecule has 2 aromatic rings. The summed E-state index contributed by atoms with van der Waals surface area (Å²) in [5, 5.41) is 0. The first kappa shape index (κ1) is 12.6. The van der Waals surface area contributed by atoms with Gasteiger partial charge in [-0.2, -0.15) is 13.2 Å². The normalized spacial score (nSPS) is 11.8. The van der Waals surface area contributed by atoms with Crippen molar-refractivity contribution in [1.29, 1.82) is 0 Å². The first-order valence-corrected chi connectivity index (χ1v) is 5.33. The Labute approximate surface area is 101 Å². The van der Waals surface area contributed by atoms with Gasteiger partial charge in [-0.1, -0.05) is 18.2 Å². The molecule has 2 rings (SSSR count). The van der Waals surface area contributed by atoms with Crippen LogP contribution in [-0.4, -0.2) is 11.5 Å². The van der Waals surface area contributed by atoms with Crippen LogP contribution in [0.1, 0.15) is 11.5 Å². The topological polar surface area (TPSA) is 52.0 Å². The average molecular weight is 256 g/mol. The number of alkyl halides is 3. The highest BCUT2D eigenvalue weighted by Gasteiger charge is 2.33. The van der Waals surface area contributed by atoms with E-state index in [2.05, 4.69) is 4.98 Å². The van der Waals surface area contributed by atoms with Crippen LogP contribution in [0.3, 0.4) is 0 Å². The molecule has 1 aromatic carbocycles. The van der Waals surface area contributed by atoms with Gasteiger partial charge in [0.05, 0.1) is 5.56 Å². The van der Waals surface area contributed by atoms with Crippen molar-refractivity contribution in [2.24, 2.45) is 5.73 Å². The van der Waals surface area contributed by atoms with E-state index in [0.717, 1.165) is 6.07 Å². The standard InChI is InChI=1S/C12H11F3N2O/c13-12(14,15)9-4-2-1-3-8(9)10-7-18-11(17-10)5-6-16/h1-4,7H,5-6,16H2. The monoisotopic (exact) mass is 256 g/mol. The maximum absolute atomic E-state index is 12.8. The third-order valence-electron chi connectivity index (χ3n) is 2.42. The number of benzene rings is 1. The van der Waals surface area contributed by atoms with Gasteiger partial charge in [0.1, 0.15) is 12.0 Å². The fourth-order valence-electron chi connectivity index (χ4n) is 1.63. The van der Waals surface area contributed by atoms with Crippen LogP contribution < -0.4 is 5.73 Å². The van der Waals surface area contributed by atoms with E-state index in [1.165, 1.54) is 24.5 Å². The van der Waals surface area contributed by atoms with E-state index in [1.807, 2.05) is 0 Å². The van der Waals surface area contributed by atoms with Crippen LogP contribution in [0.15, 0.2) is 34.9 Å². The van der Waals surface area contributed by atoms with E-state index in [-0.39, 0.29) is 11.3 Å². The van der Waals surface area contributed by atoms with Gasteiger partial charge in [-0.15, -0.1) is 0 Å². The quantitative estimate of drug-likeness (QED) is 0.918. The summed E-state index contributed by atoms with van der Waals surface area (Å²) in [6.45, 7) is 0.334. The number of halogens is 3. The average Bonchev–Trinajstić information content (AvgIpc) is 2.77. The second kappa shape index (κ2) is 4.81. The Hall–Kier alpha value is -1.82. The molecular weight excluding hydrogens is 245 g/mol. The lowest BCUT2D eigenvalue weighted by Crippen LogP contribution is -2.07. The van der Waals surface area contributed by atoms with Crippen LogP contribution in [0.2, 0.25) is 0 Å². The lowest BCUT2D eigenvalue weighted by molar-refractivity contribution is -0.137. The highest BCUT2D eigenvalue weighted by Crippen LogP contribution is 2.36. The Morgan fingerprint density at radius 3 is 2.61 bits per heavy atom. The van der Waals surface area contributed by atoms with E-state index in [4.69, 9.17) is 10.2 Å².